The second-order valence-corrected chi connectivity index (χ2v) is 7.81. The number of aliphatic imine (C=N–C) groups is 1. The lowest BCUT2D eigenvalue weighted by Gasteiger charge is -2.10. The van der Waals surface area contributed by atoms with E-state index in [0.29, 0.717) is 30.5 Å². The number of alkyl halides is 3. The van der Waals surface area contributed by atoms with Crippen molar-refractivity contribution in [3.05, 3.63) is 57.5 Å². The number of nitrogens with one attached hydrogen (secondary N) is 2. The van der Waals surface area contributed by atoms with E-state index in [9.17, 15) is 13.2 Å². The van der Waals surface area contributed by atoms with Gasteiger partial charge in [-0.15, -0.1) is 46.7 Å². The molecule has 0 spiro atoms. The van der Waals surface area contributed by atoms with Gasteiger partial charge in [-0.2, -0.15) is 13.2 Å². The Morgan fingerprint density at radius 3 is 2.50 bits per heavy atom. The molecule has 3 aromatic rings. The molecule has 0 aliphatic carbocycles. The molecule has 3 rings (SSSR count). The van der Waals surface area contributed by atoms with Crippen molar-refractivity contribution in [2.75, 3.05) is 13.1 Å². The average molecular weight is 567 g/mol. The molecule has 0 amide bonds. The van der Waals surface area contributed by atoms with Gasteiger partial charge in [-0.1, -0.05) is 30.3 Å². The van der Waals surface area contributed by atoms with Gasteiger partial charge in [0.25, 0.3) is 0 Å². The molecule has 0 atom stereocenters. The molecule has 0 radical (unpaired) electrons. The normalized spacial score (nSPS) is 11.8. The minimum absolute atomic E-state index is 0. The monoisotopic (exact) mass is 567 g/mol. The number of nitrogens with zero attached hydrogens (tertiary/aromatic N) is 3. The van der Waals surface area contributed by atoms with E-state index in [1.807, 2.05) is 42.6 Å². The zero-order valence-corrected chi connectivity index (χ0v) is 20.0. The van der Waals surface area contributed by atoms with Crippen molar-refractivity contribution in [1.82, 2.24) is 20.6 Å². The van der Waals surface area contributed by atoms with Gasteiger partial charge in [-0.25, -0.2) is 15.0 Å². The van der Waals surface area contributed by atoms with Crippen LogP contribution in [0.3, 0.4) is 0 Å². The summed E-state index contributed by atoms with van der Waals surface area (Å²) < 4.78 is 37.9. The van der Waals surface area contributed by atoms with E-state index in [2.05, 4.69) is 25.6 Å². The highest BCUT2D eigenvalue weighted by Crippen LogP contribution is 2.30. The van der Waals surface area contributed by atoms with Crippen LogP contribution in [0, 0.1) is 0 Å². The molecule has 0 saturated carbocycles. The van der Waals surface area contributed by atoms with Crippen molar-refractivity contribution in [1.29, 1.82) is 0 Å². The van der Waals surface area contributed by atoms with Crippen LogP contribution in [0.1, 0.15) is 23.3 Å². The van der Waals surface area contributed by atoms with E-state index in [0.717, 1.165) is 33.0 Å². The fraction of sp³-hybridized carbons (Fsp3) is 0.316. The fourth-order valence-corrected chi connectivity index (χ4v) is 4.03. The maximum atomic E-state index is 12.6. The Kier molecular flexibility index (Phi) is 9.49. The number of guanidine groups is 1. The van der Waals surface area contributed by atoms with Crippen LogP contribution >= 0.6 is 46.7 Å². The fourth-order valence-electron chi connectivity index (χ4n) is 2.45. The van der Waals surface area contributed by atoms with Gasteiger partial charge in [0.1, 0.15) is 10.0 Å². The summed E-state index contributed by atoms with van der Waals surface area (Å²) in [6, 6.07) is 9.99. The van der Waals surface area contributed by atoms with E-state index in [1.54, 1.807) is 11.3 Å². The van der Waals surface area contributed by atoms with Crippen LogP contribution in [-0.4, -0.2) is 29.0 Å². The molecule has 162 valence electrons. The summed E-state index contributed by atoms with van der Waals surface area (Å²) in [5, 5.41) is 10.6. The Labute approximate surface area is 197 Å². The molecular formula is C19H21F3IN5S2. The van der Waals surface area contributed by atoms with Crippen LogP contribution in [0.2, 0.25) is 0 Å². The van der Waals surface area contributed by atoms with Gasteiger partial charge < -0.3 is 10.6 Å². The minimum atomic E-state index is -4.42. The number of rotatable bonds is 7. The Hall–Kier alpha value is -1.73. The number of hydrogen-bond donors (Lipinski definition) is 2. The number of thiazole rings is 2. The van der Waals surface area contributed by atoms with Gasteiger partial charge in [0, 0.05) is 35.8 Å². The highest BCUT2D eigenvalue weighted by molar-refractivity contribution is 14.0. The largest absolute Gasteiger partial charge is 0.434 e. The number of hydrogen-bond acceptors (Lipinski definition) is 5. The van der Waals surface area contributed by atoms with Crippen LogP contribution in [-0.2, 0) is 19.1 Å². The molecular weight excluding hydrogens is 546 g/mol. The van der Waals surface area contributed by atoms with Crippen molar-refractivity contribution >= 4 is 52.6 Å². The van der Waals surface area contributed by atoms with Crippen LogP contribution in [0.25, 0.3) is 10.6 Å². The van der Waals surface area contributed by atoms with Crippen molar-refractivity contribution in [2.24, 2.45) is 4.99 Å². The molecule has 0 aliphatic rings. The van der Waals surface area contributed by atoms with Crippen molar-refractivity contribution in [2.45, 2.75) is 26.1 Å². The van der Waals surface area contributed by atoms with Crippen LogP contribution in [0.15, 0.2) is 46.1 Å². The highest BCUT2D eigenvalue weighted by atomic mass is 127. The Morgan fingerprint density at radius 2 is 1.83 bits per heavy atom. The molecule has 11 heteroatoms. The molecule has 0 unspecified atom stereocenters. The predicted octanol–water partition coefficient (Wildman–Crippen LogP) is 5.20. The minimum Gasteiger partial charge on any atom is -0.357 e. The van der Waals surface area contributed by atoms with Gasteiger partial charge in [0.2, 0.25) is 0 Å². The SMILES string of the molecule is CCNC(=NCc1nc(C(F)(F)F)cs1)NCCc1csc(-c2ccccc2)n1.I. The third kappa shape index (κ3) is 7.20. The summed E-state index contributed by atoms with van der Waals surface area (Å²) >= 11 is 2.56. The van der Waals surface area contributed by atoms with Gasteiger partial charge in [0.15, 0.2) is 11.7 Å². The average Bonchev–Trinajstić information content (AvgIpc) is 3.36. The summed E-state index contributed by atoms with van der Waals surface area (Å²) in [5.74, 6) is 0.537. The second kappa shape index (κ2) is 11.6. The van der Waals surface area contributed by atoms with Crippen molar-refractivity contribution in [3.8, 4) is 10.6 Å². The topological polar surface area (TPSA) is 62.2 Å². The summed E-state index contributed by atoms with van der Waals surface area (Å²) in [6.07, 6.45) is -3.71. The molecule has 2 aromatic heterocycles. The molecule has 2 heterocycles. The van der Waals surface area contributed by atoms with Crippen LogP contribution < -0.4 is 10.6 Å². The summed E-state index contributed by atoms with van der Waals surface area (Å²) in [7, 11) is 0. The molecule has 0 aliphatic heterocycles. The van der Waals surface area contributed by atoms with Crippen molar-refractivity contribution < 1.29 is 13.2 Å². The van der Waals surface area contributed by atoms with Gasteiger partial charge in [0.05, 0.1) is 12.2 Å². The number of aromatic nitrogens is 2. The lowest BCUT2D eigenvalue weighted by molar-refractivity contribution is -0.140. The first-order chi connectivity index (χ1) is 14.0. The molecule has 30 heavy (non-hydrogen) atoms. The van der Waals surface area contributed by atoms with Gasteiger partial charge >= 0.3 is 6.18 Å². The second-order valence-electron chi connectivity index (χ2n) is 6.01. The Balaban J connectivity index is 0.00000320. The Morgan fingerprint density at radius 1 is 1.07 bits per heavy atom. The highest BCUT2D eigenvalue weighted by Gasteiger charge is 2.33. The van der Waals surface area contributed by atoms with E-state index < -0.39 is 11.9 Å². The molecule has 0 fully saturated rings. The first-order valence-electron chi connectivity index (χ1n) is 8.99. The summed E-state index contributed by atoms with van der Waals surface area (Å²) in [4.78, 5) is 12.6. The lowest BCUT2D eigenvalue weighted by atomic mass is 10.2. The molecule has 5 nitrogen and oxygen atoms in total. The lowest BCUT2D eigenvalue weighted by Crippen LogP contribution is -2.38. The van der Waals surface area contributed by atoms with Gasteiger partial charge in [-0.05, 0) is 6.92 Å². The molecule has 1 aromatic carbocycles. The van der Waals surface area contributed by atoms with E-state index in [4.69, 9.17) is 0 Å². The van der Waals surface area contributed by atoms with Crippen LogP contribution in [0.4, 0.5) is 13.2 Å². The zero-order chi connectivity index (χ0) is 20.7. The molecule has 0 bridgehead atoms. The number of benzene rings is 1. The maximum absolute atomic E-state index is 12.6. The summed E-state index contributed by atoms with van der Waals surface area (Å²) in [6.45, 7) is 3.27. The number of halogens is 4. The first kappa shape index (κ1) is 24.5. The van der Waals surface area contributed by atoms with E-state index in [-0.39, 0.29) is 30.5 Å². The molecule has 2 N–H and O–H groups in total. The van der Waals surface area contributed by atoms with Crippen molar-refractivity contribution in [3.63, 3.8) is 0 Å². The van der Waals surface area contributed by atoms with Crippen LogP contribution in [0.5, 0.6) is 0 Å². The third-order valence-corrected chi connectivity index (χ3v) is 5.58. The van der Waals surface area contributed by atoms with Gasteiger partial charge in [-0.3, -0.25) is 0 Å². The van der Waals surface area contributed by atoms with E-state index >= 15 is 0 Å². The quantitative estimate of drug-likeness (QED) is 0.234. The maximum Gasteiger partial charge on any atom is 0.434 e. The Bertz CT molecular complexity index is 941. The predicted molar refractivity (Wildman–Crippen MR) is 127 cm³/mol. The first-order valence-corrected chi connectivity index (χ1v) is 10.7. The van der Waals surface area contributed by atoms with E-state index in [1.165, 1.54) is 0 Å². The third-order valence-electron chi connectivity index (χ3n) is 3.80. The molecule has 0 saturated heterocycles. The smallest absolute Gasteiger partial charge is 0.357 e. The zero-order valence-electron chi connectivity index (χ0n) is 16.1. The standard InChI is InChI=1S/C19H20F3N5S2.HI/c1-2-23-18(25-10-16-27-15(12-28-16)19(20,21)22)24-9-8-14-11-29-17(26-14)13-6-4-3-5-7-13;/h3-7,11-12H,2,8-10H2,1H3,(H2,23,24,25);1H. The summed E-state index contributed by atoms with van der Waals surface area (Å²) in [5.41, 5.74) is 1.20.